The summed E-state index contributed by atoms with van der Waals surface area (Å²) in [7, 11) is 0. The van der Waals surface area contributed by atoms with Crippen molar-refractivity contribution in [3.63, 3.8) is 0 Å². The smallest absolute Gasteiger partial charge is 0.159 e. The summed E-state index contributed by atoms with van der Waals surface area (Å²) in [5.41, 5.74) is 5.22. The number of aryl methyl sites for hydroxylation is 1. The molecule has 184 valence electrons. The molecule has 1 atom stereocenters. The van der Waals surface area contributed by atoms with Crippen LogP contribution in [0.3, 0.4) is 0 Å². The Labute approximate surface area is 209 Å². The van der Waals surface area contributed by atoms with Gasteiger partial charge in [-0.25, -0.2) is 13.8 Å². The van der Waals surface area contributed by atoms with Crippen LogP contribution in [-0.2, 0) is 23.5 Å². The zero-order chi connectivity index (χ0) is 24.7. The topological polar surface area (TPSA) is 43.2 Å². The monoisotopic (exact) mass is 486 g/mol. The van der Waals surface area contributed by atoms with Crippen molar-refractivity contribution in [2.45, 2.75) is 44.6 Å². The van der Waals surface area contributed by atoms with Gasteiger partial charge < -0.3 is 9.30 Å². The van der Waals surface area contributed by atoms with Gasteiger partial charge in [0.2, 0.25) is 0 Å². The molecule has 0 N–H and O–H groups in total. The number of hydrogen-bond acceptors (Lipinski definition) is 4. The van der Waals surface area contributed by atoms with E-state index in [0.717, 1.165) is 43.9 Å². The number of likely N-dealkylation sites (tertiary alicyclic amines) is 1. The largest absolute Gasteiger partial charge is 0.365 e. The van der Waals surface area contributed by atoms with Crippen LogP contribution >= 0.6 is 0 Å². The van der Waals surface area contributed by atoms with Crippen molar-refractivity contribution >= 4 is 0 Å². The van der Waals surface area contributed by atoms with Gasteiger partial charge >= 0.3 is 0 Å². The fraction of sp³-hybridized carbons (Fsp3) is 0.310. The molecule has 0 bridgehead atoms. The summed E-state index contributed by atoms with van der Waals surface area (Å²) in [6.45, 7) is 5.36. The number of aromatic nitrogens is 3. The van der Waals surface area contributed by atoms with Crippen molar-refractivity contribution in [2.75, 3.05) is 13.1 Å². The molecule has 0 radical (unpaired) electrons. The number of hydrogen-bond donors (Lipinski definition) is 0. The predicted octanol–water partition coefficient (Wildman–Crippen LogP) is 5.52. The molecular formula is C29H28F2N4O. The van der Waals surface area contributed by atoms with Crippen molar-refractivity contribution < 1.29 is 13.5 Å². The van der Waals surface area contributed by atoms with E-state index >= 15 is 0 Å². The molecule has 4 heterocycles. The average molecular weight is 487 g/mol. The molecule has 1 saturated heterocycles. The molecule has 2 aliphatic heterocycles. The summed E-state index contributed by atoms with van der Waals surface area (Å²) in [4.78, 5) is 11.1. The minimum absolute atomic E-state index is 0.190. The molecule has 5 nitrogen and oxygen atoms in total. The van der Waals surface area contributed by atoms with E-state index in [2.05, 4.69) is 45.2 Å². The van der Waals surface area contributed by atoms with Crippen molar-refractivity contribution in [1.29, 1.82) is 0 Å². The fourth-order valence-corrected chi connectivity index (χ4v) is 5.66. The second kappa shape index (κ2) is 9.22. The Morgan fingerprint density at radius 3 is 2.47 bits per heavy atom. The summed E-state index contributed by atoms with van der Waals surface area (Å²) < 4.78 is 36.0. The molecule has 1 fully saturated rings. The van der Waals surface area contributed by atoms with Gasteiger partial charge in [0, 0.05) is 50.0 Å². The lowest BCUT2D eigenvalue weighted by Gasteiger charge is -2.39. The van der Waals surface area contributed by atoms with Gasteiger partial charge in [0.05, 0.1) is 18.2 Å². The number of imidazole rings is 1. The first-order valence-corrected chi connectivity index (χ1v) is 12.4. The number of pyridine rings is 1. The summed E-state index contributed by atoms with van der Waals surface area (Å²) >= 11 is 0. The summed E-state index contributed by atoms with van der Waals surface area (Å²) in [5, 5.41) is 0. The molecule has 2 aromatic carbocycles. The SMILES string of the molecule is Cc1nccn1C(c1ccc(CN2CCC3(CC2)OCc2ccncc23)cc1)c1ccc(F)c(F)c1. The van der Waals surface area contributed by atoms with Crippen LogP contribution < -0.4 is 0 Å². The maximum absolute atomic E-state index is 14.1. The first kappa shape index (κ1) is 23.0. The standard InChI is InChI=1S/C29H28F2N4O/c1-20-33-12-15-35(20)28(23-6-7-26(30)27(31)16-23)22-4-2-21(3-5-22)18-34-13-9-29(10-14-34)25-17-32-11-8-24(25)19-36-29/h2-8,11-12,15-17,28H,9-10,13-14,18-19H2,1H3. The Bertz CT molecular complexity index is 1380. The Hall–Kier alpha value is -3.42. The Morgan fingerprint density at radius 2 is 1.75 bits per heavy atom. The highest BCUT2D eigenvalue weighted by Gasteiger charge is 2.42. The Kier molecular flexibility index (Phi) is 5.90. The van der Waals surface area contributed by atoms with Crippen LogP contribution in [0.15, 0.2) is 73.3 Å². The lowest BCUT2D eigenvalue weighted by atomic mass is 9.84. The van der Waals surface area contributed by atoms with Crippen molar-refractivity contribution in [1.82, 2.24) is 19.4 Å². The van der Waals surface area contributed by atoms with Gasteiger partial charge in [-0.3, -0.25) is 9.88 Å². The van der Waals surface area contributed by atoms with E-state index in [4.69, 9.17) is 4.74 Å². The van der Waals surface area contributed by atoms with Crippen LogP contribution in [0.2, 0.25) is 0 Å². The van der Waals surface area contributed by atoms with E-state index in [1.807, 2.05) is 30.1 Å². The maximum Gasteiger partial charge on any atom is 0.159 e. The van der Waals surface area contributed by atoms with Crippen molar-refractivity contribution in [3.8, 4) is 0 Å². The number of benzene rings is 2. The summed E-state index contributed by atoms with van der Waals surface area (Å²) in [6, 6.07) is 14.3. The highest BCUT2D eigenvalue weighted by atomic mass is 19.2. The van der Waals surface area contributed by atoms with E-state index in [0.29, 0.717) is 12.2 Å². The minimum atomic E-state index is -0.848. The Balaban J connectivity index is 1.18. The van der Waals surface area contributed by atoms with Gasteiger partial charge in [-0.05, 0) is 60.2 Å². The molecule has 36 heavy (non-hydrogen) atoms. The Morgan fingerprint density at radius 1 is 0.972 bits per heavy atom. The van der Waals surface area contributed by atoms with Gasteiger partial charge in [-0.15, -0.1) is 0 Å². The molecule has 0 amide bonds. The third kappa shape index (κ3) is 4.12. The van der Waals surface area contributed by atoms with E-state index in [1.165, 1.54) is 28.8 Å². The fourth-order valence-electron chi connectivity index (χ4n) is 5.66. The number of nitrogens with zero attached hydrogens (tertiary/aromatic N) is 4. The maximum atomic E-state index is 14.1. The van der Waals surface area contributed by atoms with Gasteiger partial charge in [0.15, 0.2) is 11.6 Å². The second-order valence-electron chi connectivity index (χ2n) is 9.79. The molecule has 2 aliphatic rings. The number of fused-ring (bicyclic) bond motifs is 2. The van der Waals surface area contributed by atoms with E-state index < -0.39 is 11.6 Å². The summed E-state index contributed by atoms with van der Waals surface area (Å²) in [6.07, 6.45) is 9.33. The van der Waals surface area contributed by atoms with E-state index in [-0.39, 0.29) is 11.6 Å². The minimum Gasteiger partial charge on any atom is -0.365 e. The number of piperidine rings is 1. The average Bonchev–Trinajstić information content (AvgIpc) is 3.48. The molecule has 7 heteroatoms. The zero-order valence-electron chi connectivity index (χ0n) is 20.2. The van der Waals surface area contributed by atoms with Crippen molar-refractivity contribution in [2.24, 2.45) is 0 Å². The molecule has 4 aromatic rings. The lowest BCUT2D eigenvalue weighted by Crippen LogP contribution is -2.42. The number of ether oxygens (including phenoxy) is 1. The molecular weight excluding hydrogens is 458 g/mol. The third-order valence-electron chi connectivity index (χ3n) is 7.67. The second-order valence-corrected chi connectivity index (χ2v) is 9.79. The predicted molar refractivity (Wildman–Crippen MR) is 132 cm³/mol. The van der Waals surface area contributed by atoms with Crippen LogP contribution in [0.1, 0.15) is 52.5 Å². The van der Waals surface area contributed by atoms with Crippen LogP contribution in [-0.4, -0.2) is 32.5 Å². The highest BCUT2D eigenvalue weighted by molar-refractivity contribution is 5.36. The van der Waals surface area contributed by atoms with Crippen LogP contribution in [0.4, 0.5) is 8.78 Å². The highest BCUT2D eigenvalue weighted by Crippen LogP contribution is 2.43. The normalized spacial score (nSPS) is 17.9. The first-order valence-electron chi connectivity index (χ1n) is 12.4. The molecule has 0 saturated carbocycles. The molecule has 6 rings (SSSR count). The van der Waals surface area contributed by atoms with Crippen molar-refractivity contribution in [3.05, 3.63) is 119 Å². The van der Waals surface area contributed by atoms with E-state index in [1.54, 1.807) is 12.3 Å². The van der Waals surface area contributed by atoms with Gasteiger partial charge in [-0.1, -0.05) is 30.3 Å². The van der Waals surface area contributed by atoms with E-state index in [9.17, 15) is 8.78 Å². The number of halogens is 2. The molecule has 1 unspecified atom stereocenters. The zero-order valence-corrected chi connectivity index (χ0v) is 20.2. The lowest BCUT2D eigenvalue weighted by molar-refractivity contribution is -0.0800. The third-order valence-corrected chi connectivity index (χ3v) is 7.67. The van der Waals surface area contributed by atoms with Gasteiger partial charge in [0.25, 0.3) is 0 Å². The van der Waals surface area contributed by atoms with Crippen LogP contribution in [0, 0.1) is 18.6 Å². The number of rotatable bonds is 5. The van der Waals surface area contributed by atoms with Crippen LogP contribution in [0.5, 0.6) is 0 Å². The van der Waals surface area contributed by atoms with Gasteiger partial charge in [0.1, 0.15) is 5.82 Å². The van der Waals surface area contributed by atoms with Crippen LogP contribution in [0.25, 0.3) is 0 Å². The molecule has 0 aliphatic carbocycles. The summed E-state index contributed by atoms with van der Waals surface area (Å²) in [5.74, 6) is -0.886. The van der Waals surface area contributed by atoms with Gasteiger partial charge in [-0.2, -0.15) is 0 Å². The molecule has 2 aromatic heterocycles. The first-order chi connectivity index (χ1) is 17.5. The quantitative estimate of drug-likeness (QED) is 0.372. The molecule has 1 spiro atoms.